The number of rotatable bonds is 6. The molecular weight excluding hydrogens is 356 g/mol. The fraction of sp³-hybridized carbons (Fsp3) is 0.286. The van der Waals surface area contributed by atoms with Crippen molar-refractivity contribution in [2.45, 2.75) is 12.8 Å². The Bertz CT molecular complexity index is 584. The van der Waals surface area contributed by atoms with Gasteiger partial charge < -0.3 is 19.8 Å². The number of carbonyl (C=O) groups excluding carboxylic acids is 4. The number of benzene rings is 1. The minimum Gasteiger partial charge on any atom is -0.549 e. The van der Waals surface area contributed by atoms with Crippen LogP contribution in [0, 0.1) is 5.92 Å². The zero-order valence-corrected chi connectivity index (χ0v) is 19.2. The van der Waals surface area contributed by atoms with Crippen molar-refractivity contribution in [1.29, 1.82) is 0 Å². The van der Waals surface area contributed by atoms with Crippen molar-refractivity contribution in [3.05, 3.63) is 35.4 Å². The van der Waals surface area contributed by atoms with Gasteiger partial charge in [-0.15, -0.1) is 0 Å². The number of carboxylic acids is 2. The standard InChI is InChI=1S/C14H13NO6.2K/c16-11-8-4-1-2-5-9(8)12(17)15(11)7-3-6-10(13(18)19)14(20)21;;/h1-2,4-5,10H,3,6-7H2,(H,18,19)(H,20,21);;/q;2*+1/p-2. The van der Waals surface area contributed by atoms with Crippen molar-refractivity contribution < 1.29 is 132 Å². The molecule has 0 radical (unpaired) electrons. The summed E-state index contributed by atoms with van der Waals surface area (Å²) in [6.07, 6.45) is -0.226. The van der Waals surface area contributed by atoms with Gasteiger partial charge in [-0.1, -0.05) is 12.1 Å². The molecule has 9 heteroatoms. The van der Waals surface area contributed by atoms with E-state index in [1.807, 2.05) is 0 Å². The zero-order chi connectivity index (χ0) is 15.6. The molecule has 0 spiro atoms. The summed E-state index contributed by atoms with van der Waals surface area (Å²) in [4.78, 5) is 46.2. The molecule has 7 nitrogen and oxygen atoms in total. The third-order valence-corrected chi connectivity index (χ3v) is 3.32. The predicted octanol–water partition coefficient (Wildman–Crippen LogP) is -7.81. The predicted molar refractivity (Wildman–Crippen MR) is 64.5 cm³/mol. The number of fused-ring (bicyclic) bond motifs is 1. The summed E-state index contributed by atoms with van der Waals surface area (Å²) < 4.78 is 0. The zero-order valence-electron chi connectivity index (χ0n) is 12.9. The van der Waals surface area contributed by atoms with Gasteiger partial charge in [0.25, 0.3) is 11.8 Å². The van der Waals surface area contributed by atoms with Crippen molar-refractivity contribution in [2.75, 3.05) is 6.54 Å². The molecule has 1 aromatic rings. The van der Waals surface area contributed by atoms with Crippen LogP contribution in [0.3, 0.4) is 0 Å². The number of imide groups is 1. The molecule has 1 aliphatic heterocycles. The van der Waals surface area contributed by atoms with E-state index in [0.29, 0.717) is 11.1 Å². The summed E-state index contributed by atoms with van der Waals surface area (Å²) >= 11 is 0. The topological polar surface area (TPSA) is 118 Å². The van der Waals surface area contributed by atoms with Gasteiger partial charge in [-0.3, -0.25) is 14.5 Å². The van der Waals surface area contributed by atoms with E-state index in [9.17, 15) is 29.4 Å². The Labute approximate surface area is 217 Å². The molecule has 23 heavy (non-hydrogen) atoms. The quantitative estimate of drug-likeness (QED) is 0.280. The largest absolute Gasteiger partial charge is 1.00 e. The second-order valence-electron chi connectivity index (χ2n) is 4.64. The molecule has 0 saturated heterocycles. The molecule has 0 aliphatic carbocycles. The van der Waals surface area contributed by atoms with Gasteiger partial charge in [-0.2, -0.15) is 0 Å². The van der Waals surface area contributed by atoms with Crippen molar-refractivity contribution in [3.63, 3.8) is 0 Å². The number of hydrogen-bond acceptors (Lipinski definition) is 6. The first kappa shape index (κ1) is 23.6. The molecule has 2 rings (SSSR count). The first-order valence-electron chi connectivity index (χ1n) is 6.30. The van der Waals surface area contributed by atoms with Crippen LogP contribution in [0.5, 0.6) is 0 Å². The van der Waals surface area contributed by atoms with E-state index in [-0.39, 0.29) is 122 Å². The molecule has 2 amide bonds. The molecule has 0 saturated carbocycles. The minimum absolute atomic E-state index is 0. The number of hydrogen-bond donors (Lipinski definition) is 0. The van der Waals surface area contributed by atoms with Gasteiger partial charge >= 0.3 is 103 Å². The smallest absolute Gasteiger partial charge is 0.549 e. The first-order chi connectivity index (χ1) is 9.93. The molecule has 0 unspecified atom stereocenters. The third-order valence-electron chi connectivity index (χ3n) is 3.32. The second kappa shape index (κ2) is 10.5. The average molecular weight is 367 g/mol. The Morgan fingerprint density at radius 1 is 0.957 bits per heavy atom. The van der Waals surface area contributed by atoms with E-state index in [2.05, 4.69) is 0 Å². The summed E-state index contributed by atoms with van der Waals surface area (Å²) in [5.74, 6) is -6.15. The van der Waals surface area contributed by atoms with Gasteiger partial charge in [-0.25, -0.2) is 0 Å². The van der Waals surface area contributed by atoms with Crippen LogP contribution in [0.25, 0.3) is 0 Å². The molecule has 1 aromatic carbocycles. The average Bonchev–Trinajstić information content (AvgIpc) is 2.67. The van der Waals surface area contributed by atoms with E-state index >= 15 is 0 Å². The van der Waals surface area contributed by atoms with E-state index in [1.54, 1.807) is 12.1 Å². The Morgan fingerprint density at radius 2 is 1.39 bits per heavy atom. The number of aliphatic carboxylic acids is 2. The summed E-state index contributed by atoms with van der Waals surface area (Å²) in [5.41, 5.74) is 0.581. The third kappa shape index (κ3) is 5.53. The molecule has 0 N–H and O–H groups in total. The Kier molecular flexibility index (Phi) is 10.8. The van der Waals surface area contributed by atoms with E-state index in [0.717, 1.165) is 4.90 Å². The normalized spacial score (nSPS) is 12.5. The summed E-state index contributed by atoms with van der Waals surface area (Å²) in [6.45, 7) is -0.0522. The first-order valence-corrected chi connectivity index (χ1v) is 6.30. The monoisotopic (exact) mass is 367 g/mol. The van der Waals surface area contributed by atoms with Gasteiger partial charge in [-0.05, 0) is 25.0 Å². The maximum Gasteiger partial charge on any atom is 1.00 e. The van der Waals surface area contributed by atoms with Gasteiger partial charge in [0, 0.05) is 12.5 Å². The molecule has 0 aromatic heterocycles. The Hall–Kier alpha value is 0.573. The number of amides is 2. The fourth-order valence-electron chi connectivity index (χ4n) is 2.23. The Morgan fingerprint density at radius 3 is 1.78 bits per heavy atom. The second-order valence-corrected chi connectivity index (χ2v) is 4.64. The molecule has 0 bridgehead atoms. The molecule has 110 valence electrons. The number of nitrogens with zero attached hydrogens (tertiary/aromatic N) is 1. The number of carbonyl (C=O) groups is 4. The maximum atomic E-state index is 12.0. The van der Waals surface area contributed by atoms with Crippen LogP contribution in [0.4, 0.5) is 0 Å². The SMILES string of the molecule is O=C([O-])C(CCCN1C(=O)c2ccccc2C1=O)C(=O)[O-].[K+].[K+]. The summed E-state index contributed by atoms with van der Waals surface area (Å²) in [6, 6.07) is 6.33. The minimum atomic E-state index is -1.75. The maximum absolute atomic E-state index is 12.0. The van der Waals surface area contributed by atoms with E-state index in [4.69, 9.17) is 0 Å². The Balaban J connectivity index is 0.00000242. The van der Waals surface area contributed by atoms with Crippen molar-refractivity contribution in [2.24, 2.45) is 5.92 Å². The van der Waals surface area contributed by atoms with Gasteiger partial charge in [0.15, 0.2) is 0 Å². The van der Waals surface area contributed by atoms with Gasteiger partial charge in [0.2, 0.25) is 0 Å². The fourth-order valence-corrected chi connectivity index (χ4v) is 2.23. The van der Waals surface area contributed by atoms with Crippen molar-refractivity contribution in [1.82, 2.24) is 4.90 Å². The van der Waals surface area contributed by atoms with Crippen LogP contribution in [0.2, 0.25) is 0 Å². The van der Waals surface area contributed by atoms with Gasteiger partial charge in [0.1, 0.15) is 0 Å². The van der Waals surface area contributed by atoms with Gasteiger partial charge in [0.05, 0.1) is 23.1 Å². The molecule has 1 aliphatic rings. The van der Waals surface area contributed by atoms with Crippen molar-refractivity contribution in [3.8, 4) is 0 Å². The van der Waals surface area contributed by atoms with Crippen LogP contribution in [0.15, 0.2) is 24.3 Å². The van der Waals surface area contributed by atoms with E-state index in [1.165, 1.54) is 12.1 Å². The van der Waals surface area contributed by atoms with E-state index < -0.39 is 29.7 Å². The summed E-state index contributed by atoms with van der Waals surface area (Å²) in [5, 5.41) is 21.2. The number of carboxylic acid groups (broad SMARTS) is 2. The molecule has 0 fully saturated rings. The molecule has 0 atom stereocenters. The summed E-state index contributed by atoms with van der Waals surface area (Å²) in [7, 11) is 0. The van der Waals surface area contributed by atoms with Crippen LogP contribution in [-0.4, -0.2) is 35.2 Å². The molecular formula is C14H11K2NO6. The molecule has 1 heterocycles. The van der Waals surface area contributed by atoms with Crippen LogP contribution in [-0.2, 0) is 9.59 Å². The van der Waals surface area contributed by atoms with Crippen LogP contribution < -0.4 is 113 Å². The van der Waals surface area contributed by atoms with Crippen LogP contribution >= 0.6 is 0 Å². The van der Waals surface area contributed by atoms with Crippen molar-refractivity contribution >= 4 is 23.8 Å². The van der Waals surface area contributed by atoms with Crippen LogP contribution in [0.1, 0.15) is 33.6 Å².